The lowest BCUT2D eigenvalue weighted by Crippen LogP contribution is -2.37. The van der Waals surface area contributed by atoms with Crippen molar-refractivity contribution in [3.63, 3.8) is 0 Å². The zero-order valence-electron chi connectivity index (χ0n) is 10.9. The van der Waals surface area contributed by atoms with Gasteiger partial charge < -0.3 is 0 Å². The molecule has 0 aliphatic rings. The van der Waals surface area contributed by atoms with Crippen molar-refractivity contribution in [2.24, 2.45) is 0 Å². The van der Waals surface area contributed by atoms with E-state index >= 15 is 0 Å². The van der Waals surface area contributed by atoms with Gasteiger partial charge in [0.15, 0.2) is 0 Å². The Hall–Kier alpha value is -2.00. The first-order chi connectivity index (χ1) is 9.86. The van der Waals surface area contributed by atoms with E-state index in [9.17, 15) is 18.0 Å². The molecule has 2 aromatic heterocycles. The molecule has 2 N–H and O–H groups in total. The van der Waals surface area contributed by atoms with E-state index in [-0.39, 0.29) is 12.2 Å². The summed E-state index contributed by atoms with van der Waals surface area (Å²) in [5.74, 6) is -0.411. The van der Waals surface area contributed by atoms with Crippen LogP contribution in [0.25, 0.3) is 0 Å². The van der Waals surface area contributed by atoms with Crippen LogP contribution in [0.1, 0.15) is 26.8 Å². The smallest absolute Gasteiger partial charge is 0.286 e. The average Bonchev–Trinajstić information content (AvgIpc) is 2.85. The zero-order valence-corrected chi connectivity index (χ0v) is 11.7. The van der Waals surface area contributed by atoms with Crippen LogP contribution in [-0.2, 0) is 12.7 Å². The number of alkyl halides is 3. The Bertz CT molecular complexity index is 624. The Morgan fingerprint density at radius 2 is 2.14 bits per heavy atom. The standard InChI is InChI=1S/C12H11F3N4OS/c1-7-18-10(6-21-7)11(20)19-17-5-9-3-2-8(4-16-9)12(13,14)15/h2-4,6,17H,5H2,1H3,(H,19,20). The number of thiazole rings is 1. The number of halogens is 3. The van der Waals surface area contributed by atoms with Crippen molar-refractivity contribution in [1.82, 2.24) is 20.8 Å². The molecule has 2 rings (SSSR count). The molecule has 21 heavy (non-hydrogen) atoms. The van der Waals surface area contributed by atoms with Gasteiger partial charge >= 0.3 is 6.18 Å². The highest BCUT2D eigenvalue weighted by Gasteiger charge is 2.30. The number of nitrogens with zero attached hydrogens (tertiary/aromatic N) is 2. The summed E-state index contributed by atoms with van der Waals surface area (Å²) in [7, 11) is 0. The highest BCUT2D eigenvalue weighted by Crippen LogP contribution is 2.28. The summed E-state index contributed by atoms with van der Waals surface area (Å²) < 4.78 is 37.0. The Balaban J connectivity index is 1.85. The van der Waals surface area contributed by atoms with Gasteiger partial charge in [0, 0.05) is 11.6 Å². The summed E-state index contributed by atoms with van der Waals surface area (Å²) >= 11 is 1.35. The van der Waals surface area contributed by atoms with Gasteiger partial charge in [0.2, 0.25) is 0 Å². The summed E-state index contributed by atoms with van der Waals surface area (Å²) in [5, 5.41) is 2.38. The quantitative estimate of drug-likeness (QED) is 0.850. The molecule has 2 heterocycles. The van der Waals surface area contributed by atoms with Crippen molar-refractivity contribution in [3.8, 4) is 0 Å². The SMILES string of the molecule is Cc1nc(C(=O)NNCc2ccc(C(F)(F)F)cn2)cs1. The summed E-state index contributed by atoms with van der Waals surface area (Å²) in [5.41, 5.74) is 4.83. The lowest BCUT2D eigenvalue weighted by atomic mass is 10.2. The fourth-order valence-electron chi connectivity index (χ4n) is 1.44. The molecule has 0 spiro atoms. The number of amides is 1. The van der Waals surface area contributed by atoms with Gasteiger partial charge in [-0.3, -0.25) is 15.2 Å². The van der Waals surface area contributed by atoms with E-state index in [0.29, 0.717) is 5.69 Å². The number of carbonyl (C=O) groups is 1. The fourth-order valence-corrected chi connectivity index (χ4v) is 2.04. The van der Waals surface area contributed by atoms with Crippen LogP contribution < -0.4 is 10.9 Å². The predicted molar refractivity (Wildman–Crippen MR) is 70.4 cm³/mol. The van der Waals surface area contributed by atoms with Crippen LogP contribution in [0.15, 0.2) is 23.7 Å². The van der Waals surface area contributed by atoms with Gasteiger partial charge in [-0.15, -0.1) is 11.3 Å². The van der Waals surface area contributed by atoms with Gasteiger partial charge in [0.05, 0.1) is 22.8 Å². The van der Waals surface area contributed by atoms with Gasteiger partial charge in [-0.1, -0.05) is 0 Å². The van der Waals surface area contributed by atoms with Gasteiger partial charge in [0.1, 0.15) is 5.69 Å². The molecular formula is C12H11F3N4OS. The summed E-state index contributed by atoms with van der Waals surface area (Å²) in [6.07, 6.45) is -3.65. The van der Waals surface area contributed by atoms with E-state index in [1.54, 1.807) is 12.3 Å². The van der Waals surface area contributed by atoms with E-state index in [4.69, 9.17) is 0 Å². The molecule has 0 bridgehead atoms. The molecule has 0 fully saturated rings. The number of hydrazine groups is 1. The molecule has 0 unspecified atom stereocenters. The Morgan fingerprint density at radius 3 is 2.67 bits per heavy atom. The number of carbonyl (C=O) groups excluding carboxylic acids is 1. The first-order valence-electron chi connectivity index (χ1n) is 5.84. The first kappa shape index (κ1) is 15.4. The van der Waals surface area contributed by atoms with Crippen LogP contribution in [0.2, 0.25) is 0 Å². The Kier molecular flexibility index (Phi) is 4.53. The number of hydrogen-bond acceptors (Lipinski definition) is 5. The normalized spacial score (nSPS) is 11.4. The molecule has 0 radical (unpaired) electrons. The minimum atomic E-state index is -4.41. The van der Waals surface area contributed by atoms with Gasteiger partial charge in [0.25, 0.3) is 5.91 Å². The van der Waals surface area contributed by atoms with Crippen LogP contribution in [0.3, 0.4) is 0 Å². The van der Waals surface area contributed by atoms with Crippen molar-refractivity contribution in [3.05, 3.63) is 45.7 Å². The van der Waals surface area contributed by atoms with Crippen LogP contribution in [0.4, 0.5) is 13.2 Å². The molecule has 2 aromatic rings. The Morgan fingerprint density at radius 1 is 1.38 bits per heavy atom. The van der Waals surface area contributed by atoms with E-state index in [1.165, 1.54) is 17.4 Å². The molecule has 112 valence electrons. The van der Waals surface area contributed by atoms with E-state index in [0.717, 1.165) is 17.3 Å². The first-order valence-corrected chi connectivity index (χ1v) is 6.71. The highest BCUT2D eigenvalue weighted by molar-refractivity contribution is 7.09. The summed E-state index contributed by atoms with van der Waals surface area (Å²) in [4.78, 5) is 19.3. The van der Waals surface area contributed by atoms with Crippen LogP contribution in [0, 0.1) is 6.92 Å². The molecular weight excluding hydrogens is 305 g/mol. The van der Waals surface area contributed by atoms with Crippen molar-refractivity contribution in [1.29, 1.82) is 0 Å². The largest absolute Gasteiger partial charge is 0.417 e. The van der Waals surface area contributed by atoms with Crippen LogP contribution in [-0.4, -0.2) is 15.9 Å². The van der Waals surface area contributed by atoms with Crippen LogP contribution >= 0.6 is 11.3 Å². The van der Waals surface area contributed by atoms with Crippen molar-refractivity contribution in [2.75, 3.05) is 0 Å². The molecule has 0 saturated carbocycles. The topological polar surface area (TPSA) is 66.9 Å². The number of nitrogens with one attached hydrogen (secondary N) is 2. The van der Waals surface area contributed by atoms with E-state index < -0.39 is 17.6 Å². The molecule has 0 atom stereocenters. The third-order valence-corrected chi connectivity index (χ3v) is 3.25. The highest BCUT2D eigenvalue weighted by atomic mass is 32.1. The van der Waals surface area contributed by atoms with Crippen molar-refractivity contribution >= 4 is 17.2 Å². The monoisotopic (exact) mass is 316 g/mol. The molecule has 5 nitrogen and oxygen atoms in total. The lowest BCUT2D eigenvalue weighted by Gasteiger charge is -2.08. The third-order valence-electron chi connectivity index (χ3n) is 2.48. The maximum Gasteiger partial charge on any atom is 0.417 e. The molecule has 9 heteroatoms. The molecule has 0 saturated heterocycles. The molecule has 1 amide bonds. The zero-order chi connectivity index (χ0) is 15.5. The second kappa shape index (κ2) is 6.19. The number of aromatic nitrogens is 2. The number of rotatable bonds is 4. The van der Waals surface area contributed by atoms with Crippen LogP contribution in [0.5, 0.6) is 0 Å². The minimum Gasteiger partial charge on any atom is -0.286 e. The number of hydrogen-bond donors (Lipinski definition) is 2. The minimum absolute atomic E-state index is 0.104. The van der Waals surface area contributed by atoms with Crippen molar-refractivity contribution < 1.29 is 18.0 Å². The second-order valence-electron chi connectivity index (χ2n) is 4.10. The third kappa shape index (κ3) is 4.23. The van der Waals surface area contributed by atoms with Gasteiger partial charge in [-0.25, -0.2) is 10.4 Å². The average molecular weight is 316 g/mol. The Labute approximate surface area is 122 Å². The number of pyridine rings is 1. The number of aryl methyl sites for hydroxylation is 1. The molecule has 0 aliphatic heterocycles. The predicted octanol–water partition coefficient (Wildman–Crippen LogP) is 2.30. The fraction of sp³-hybridized carbons (Fsp3) is 0.250. The maximum atomic E-state index is 12.3. The summed E-state index contributed by atoms with van der Waals surface area (Å²) in [6, 6.07) is 2.19. The molecule has 0 aliphatic carbocycles. The van der Waals surface area contributed by atoms with E-state index in [1.807, 2.05) is 0 Å². The molecule has 0 aromatic carbocycles. The van der Waals surface area contributed by atoms with E-state index in [2.05, 4.69) is 20.8 Å². The van der Waals surface area contributed by atoms with Gasteiger partial charge in [-0.2, -0.15) is 13.2 Å². The van der Waals surface area contributed by atoms with Crippen molar-refractivity contribution in [2.45, 2.75) is 19.6 Å². The maximum absolute atomic E-state index is 12.3. The van der Waals surface area contributed by atoms with Gasteiger partial charge in [-0.05, 0) is 19.1 Å². The lowest BCUT2D eigenvalue weighted by molar-refractivity contribution is -0.137. The summed E-state index contributed by atoms with van der Waals surface area (Å²) in [6.45, 7) is 1.88. The second-order valence-corrected chi connectivity index (χ2v) is 5.16.